The van der Waals surface area contributed by atoms with Crippen LogP contribution < -0.4 is 0 Å². The first kappa shape index (κ1) is 71.0. The monoisotopic (exact) mass is 1090 g/mol. The topological polar surface area (TPSA) is 49.9 Å². The van der Waals surface area contributed by atoms with Crippen molar-refractivity contribution in [2.45, 2.75) is 209 Å². The van der Waals surface area contributed by atoms with Crippen molar-refractivity contribution in [1.82, 2.24) is 20.3 Å². The Bertz CT molecular complexity index is 770. The molecule has 0 unspecified atom stereocenters. The molecule has 0 N–H and O–H groups in total. The van der Waals surface area contributed by atoms with Gasteiger partial charge in [-0.1, -0.05) is 158 Å². The zero-order valence-corrected chi connectivity index (χ0v) is 48.3. The van der Waals surface area contributed by atoms with E-state index in [1.54, 1.807) is 0 Å². The predicted molar refractivity (Wildman–Crippen MR) is 287 cm³/mol. The summed E-state index contributed by atoms with van der Waals surface area (Å²) in [5, 5.41) is 7.67. The smallest absolute Gasteiger partial charge is 0.426 e. The molecule has 17 heteroatoms. The molecule has 0 heterocycles. The first-order valence-electron chi connectivity index (χ1n) is 23.4. The molecular weight excluding hydrogens is 1000 g/mol. The SMILES string of the molecule is CCCCCN(CCCCC)OC(=S)[S-].CCCCCN(CCCCC)OC(=S)[S-].CCCCCN(CCCCC)OC(=S)[S-].CCCCCN(CCCCC)OC(=S)[S-].[Mo+4]. The van der Waals surface area contributed by atoms with Gasteiger partial charge in [0, 0.05) is 52.4 Å². The van der Waals surface area contributed by atoms with Gasteiger partial charge in [0.15, 0.2) is 0 Å². The summed E-state index contributed by atoms with van der Waals surface area (Å²) < 4.78 is 0.844. The van der Waals surface area contributed by atoms with Gasteiger partial charge in [-0.05, 0) is 51.4 Å². The van der Waals surface area contributed by atoms with Crippen LogP contribution in [0.5, 0.6) is 0 Å². The minimum Gasteiger partial charge on any atom is -0.426 e. The molecule has 0 bridgehead atoms. The minimum absolute atomic E-state index is 0. The molecule has 0 radical (unpaired) electrons. The second-order valence-electron chi connectivity index (χ2n) is 14.7. The summed E-state index contributed by atoms with van der Waals surface area (Å²) in [5.74, 6) is 0. The van der Waals surface area contributed by atoms with E-state index >= 15 is 0 Å². The van der Waals surface area contributed by atoms with Gasteiger partial charge in [-0.25, -0.2) is 0 Å². The van der Waals surface area contributed by atoms with Crippen molar-refractivity contribution in [3.63, 3.8) is 0 Å². The Hall–Kier alpha value is 0.968. The summed E-state index contributed by atoms with van der Waals surface area (Å²) in [5.41, 5.74) is 0. The molecule has 0 saturated heterocycles. The van der Waals surface area contributed by atoms with Crippen LogP contribution >= 0.6 is 48.9 Å². The van der Waals surface area contributed by atoms with Crippen LogP contribution in [0, 0.1) is 0 Å². The first-order valence-corrected chi connectivity index (χ1v) is 26.6. The Labute approximate surface area is 435 Å². The third-order valence-electron chi connectivity index (χ3n) is 8.90. The van der Waals surface area contributed by atoms with Crippen LogP contribution in [0.3, 0.4) is 0 Å². The molecular formula is C44H88MoN4O4S8. The van der Waals surface area contributed by atoms with Gasteiger partial charge in [0.2, 0.25) is 0 Å². The zero-order chi connectivity index (χ0) is 46.1. The number of hydroxylamine groups is 8. The number of hydrogen-bond acceptors (Lipinski definition) is 16. The predicted octanol–water partition coefficient (Wildman–Crippen LogP) is 13.7. The third kappa shape index (κ3) is 65.3. The van der Waals surface area contributed by atoms with E-state index in [9.17, 15) is 0 Å². The summed E-state index contributed by atoms with van der Waals surface area (Å²) in [7, 11) is 0. The molecule has 0 atom stereocenters. The minimum atomic E-state index is 0. The molecule has 0 saturated carbocycles. The van der Waals surface area contributed by atoms with Crippen molar-refractivity contribution in [3.05, 3.63) is 0 Å². The number of hydrogen-bond donors (Lipinski definition) is 0. The van der Waals surface area contributed by atoms with Gasteiger partial charge in [0.25, 0.3) is 0 Å². The van der Waals surface area contributed by atoms with Crippen molar-refractivity contribution in [3.8, 4) is 0 Å². The maximum absolute atomic E-state index is 5.32. The molecule has 0 aromatic rings. The molecule has 0 amide bonds. The maximum Gasteiger partial charge on any atom is 4.00 e. The number of nitrogens with zero attached hydrogens (tertiary/aromatic N) is 4. The molecule has 362 valence electrons. The van der Waals surface area contributed by atoms with Gasteiger partial charge in [0.05, 0.1) is 17.5 Å². The van der Waals surface area contributed by atoms with E-state index in [0.29, 0.717) is 0 Å². The largest absolute Gasteiger partial charge is 4.00 e. The number of unbranched alkanes of at least 4 members (excludes halogenated alkanes) is 16. The standard InChI is InChI=1S/4C11H23NOS2.Mo/c4*1-3-5-7-9-12(13-11(14)15)10-8-6-4-2;/h4*3-10H2,1-2H3,(H,14,15);/q;;;;+4/p-4. The van der Waals surface area contributed by atoms with Crippen molar-refractivity contribution in [2.75, 3.05) is 52.4 Å². The van der Waals surface area contributed by atoms with E-state index in [1.165, 1.54) is 103 Å². The van der Waals surface area contributed by atoms with Gasteiger partial charge >= 0.3 is 21.1 Å². The molecule has 0 aromatic carbocycles. The quantitative estimate of drug-likeness (QED) is 0.0197. The average molecular weight is 1090 g/mol. The van der Waals surface area contributed by atoms with Crippen molar-refractivity contribution in [1.29, 1.82) is 0 Å². The molecule has 0 spiro atoms. The fourth-order valence-corrected chi connectivity index (χ4v) is 6.38. The maximum atomic E-state index is 5.32. The van der Waals surface area contributed by atoms with Crippen molar-refractivity contribution < 1.29 is 40.4 Å². The van der Waals surface area contributed by atoms with Crippen molar-refractivity contribution >= 4 is 117 Å². The van der Waals surface area contributed by atoms with Crippen LogP contribution in [0.25, 0.3) is 0 Å². The summed E-state index contributed by atoms with van der Waals surface area (Å²) >= 11 is 38.2. The van der Waals surface area contributed by atoms with E-state index in [4.69, 9.17) is 119 Å². The number of rotatable bonds is 36. The normalized spacial score (nSPS) is 10.4. The van der Waals surface area contributed by atoms with E-state index in [2.05, 4.69) is 55.4 Å². The molecule has 61 heavy (non-hydrogen) atoms. The van der Waals surface area contributed by atoms with E-state index in [1.807, 2.05) is 20.3 Å². The average Bonchev–Trinajstić information content (AvgIpc) is 3.18. The molecule has 0 aliphatic rings. The fourth-order valence-electron chi connectivity index (χ4n) is 5.54. The molecule has 0 rings (SSSR count). The van der Waals surface area contributed by atoms with Crippen LogP contribution in [0.4, 0.5) is 0 Å². The zero-order valence-electron chi connectivity index (χ0n) is 39.7. The van der Waals surface area contributed by atoms with E-state index < -0.39 is 0 Å². The molecule has 0 aromatic heterocycles. The van der Waals surface area contributed by atoms with Crippen LogP contribution in [0.15, 0.2) is 0 Å². The van der Waals surface area contributed by atoms with Gasteiger partial charge in [-0.2, -0.15) is 0 Å². The van der Waals surface area contributed by atoms with Gasteiger partial charge in [-0.3, -0.25) is 0 Å². The Morgan fingerprint density at radius 2 is 0.393 bits per heavy atom. The summed E-state index contributed by atoms with van der Waals surface area (Å²) in [6.45, 7) is 25.1. The third-order valence-corrected chi connectivity index (χ3v) is 9.50. The van der Waals surface area contributed by atoms with E-state index in [-0.39, 0.29) is 38.6 Å². The number of thiocarbonyl (C=S) groups is 4. The van der Waals surface area contributed by atoms with Crippen LogP contribution in [0.1, 0.15) is 209 Å². The summed E-state index contributed by atoms with van der Waals surface area (Å²) in [4.78, 5) is 21.3. The Morgan fingerprint density at radius 1 is 0.279 bits per heavy atom. The van der Waals surface area contributed by atoms with Crippen LogP contribution in [0.2, 0.25) is 0 Å². The van der Waals surface area contributed by atoms with Gasteiger partial charge in [0.1, 0.15) is 0 Å². The molecule has 0 aliphatic carbocycles. The first-order chi connectivity index (χ1) is 28.8. The fraction of sp³-hybridized carbons (Fsp3) is 0.909. The second kappa shape index (κ2) is 59.0. The van der Waals surface area contributed by atoms with Gasteiger partial charge in [-0.15, -0.1) is 20.3 Å². The molecule has 8 nitrogen and oxygen atoms in total. The Kier molecular flexibility index (Phi) is 68.6. The van der Waals surface area contributed by atoms with Gasteiger partial charge < -0.3 is 119 Å². The van der Waals surface area contributed by atoms with Crippen LogP contribution in [-0.2, 0) is 90.9 Å². The Morgan fingerprint density at radius 3 is 0.475 bits per heavy atom. The molecule has 0 fully saturated rings. The molecule has 0 aliphatic heterocycles. The van der Waals surface area contributed by atoms with E-state index in [0.717, 1.165) is 104 Å². The summed E-state index contributed by atoms with van der Waals surface area (Å²) in [6.07, 6.45) is 28.9. The summed E-state index contributed by atoms with van der Waals surface area (Å²) in [6, 6.07) is 0. The Balaban J connectivity index is -0.000000227. The second-order valence-corrected chi connectivity index (χ2v) is 18.7. The van der Waals surface area contributed by atoms with Crippen LogP contribution in [-0.4, -0.2) is 90.1 Å². The van der Waals surface area contributed by atoms with Crippen molar-refractivity contribution in [2.24, 2.45) is 0 Å².